The summed E-state index contributed by atoms with van der Waals surface area (Å²) in [6.07, 6.45) is 1.85. The van der Waals surface area contributed by atoms with Gasteiger partial charge in [0, 0.05) is 19.2 Å². The summed E-state index contributed by atoms with van der Waals surface area (Å²) in [7, 11) is 0. The fourth-order valence-corrected chi connectivity index (χ4v) is 3.45. The quantitative estimate of drug-likeness (QED) is 0.719. The van der Waals surface area contributed by atoms with Crippen molar-refractivity contribution in [2.75, 3.05) is 18.4 Å². The fraction of sp³-hybridized carbons (Fsp3) is 0.238. The zero-order valence-electron chi connectivity index (χ0n) is 14.8. The first-order valence-electron chi connectivity index (χ1n) is 9.03. The van der Waals surface area contributed by atoms with Gasteiger partial charge in [0.1, 0.15) is 5.82 Å². The van der Waals surface area contributed by atoms with Crippen molar-refractivity contribution in [1.82, 2.24) is 10.1 Å². The lowest BCUT2D eigenvalue weighted by Crippen LogP contribution is -2.40. The Morgan fingerprint density at radius 3 is 2.52 bits per heavy atom. The highest BCUT2D eigenvalue weighted by Crippen LogP contribution is 2.28. The Morgan fingerprint density at radius 2 is 1.78 bits per heavy atom. The maximum Gasteiger partial charge on any atom is 0.323 e. The SMILES string of the molecule is O=C(Nc1cc(-c2ccccc2F)on1)N1CCC(c2ccccc2)CC1. The summed E-state index contributed by atoms with van der Waals surface area (Å²) in [6.45, 7) is 1.37. The van der Waals surface area contributed by atoms with Crippen molar-refractivity contribution in [1.29, 1.82) is 0 Å². The van der Waals surface area contributed by atoms with E-state index in [0.717, 1.165) is 12.8 Å². The normalized spacial score (nSPS) is 14.9. The van der Waals surface area contributed by atoms with Crippen molar-refractivity contribution in [2.24, 2.45) is 0 Å². The maximum atomic E-state index is 13.8. The molecule has 0 unspecified atom stereocenters. The zero-order valence-corrected chi connectivity index (χ0v) is 14.8. The second kappa shape index (κ2) is 7.61. The lowest BCUT2D eigenvalue weighted by atomic mass is 9.90. The molecule has 5 nitrogen and oxygen atoms in total. The maximum absolute atomic E-state index is 13.8. The number of piperidine rings is 1. The van der Waals surface area contributed by atoms with E-state index in [4.69, 9.17) is 4.52 Å². The molecule has 1 aliphatic heterocycles. The Balaban J connectivity index is 1.36. The van der Waals surface area contributed by atoms with Crippen LogP contribution in [-0.2, 0) is 0 Å². The van der Waals surface area contributed by atoms with E-state index in [-0.39, 0.29) is 17.6 Å². The zero-order chi connectivity index (χ0) is 18.6. The highest BCUT2D eigenvalue weighted by atomic mass is 19.1. The summed E-state index contributed by atoms with van der Waals surface area (Å²) >= 11 is 0. The smallest absolute Gasteiger partial charge is 0.323 e. The molecular weight excluding hydrogens is 345 g/mol. The number of urea groups is 1. The van der Waals surface area contributed by atoms with Crippen molar-refractivity contribution in [3.05, 3.63) is 72.0 Å². The third kappa shape index (κ3) is 3.84. The molecule has 3 aromatic rings. The Bertz CT molecular complexity index is 918. The van der Waals surface area contributed by atoms with Gasteiger partial charge in [-0.2, -0.15) is 0 Å². The van der Waals surface area contributed by atoms with Crippen molar-refractivity contribution in [2.45, 2.75) is 18.8 Å². The molecule has 0 spiro atoms. The minimum absolute atomic E-state index is 0.213. The molecule has 1 aliphatic rings. The number of halogens is 1. The van der Waals surface area contributed by atoms with Crippen LogP contribution < -0.4 is 5.32 Å². The second-order valence-corrected chi connectivity index (χ2v) is 6.66. The number of carbonyl (C=O) groups excluding carboxylic acids is 1. The van der Waals surface area contributed by atoms with E-state index in [2.05, 4.69) is 22.6 Å². The number of anilines is 1. The molecule has 4 rings (SSSR count). The molecule has 0 saturated carbocycles. The van der Waals surface area contributed by atoms with E-state index in [0.29, 0.717) is 24.6 Å². The monoisotopic (exact) mass is 365 g/mol. The van der Waals surface area contributed by atoms with Crippen molar-refractivity contribution in [3.63, 3.8) is 0 Å². The number of nitrogens with zero attached hydrogens (tertiary/aromatic N) is 2. The van der Waals surface area contributed by atoms with Crippen LogP contribution in [0.5, 0.6) is 0 Å². The van der Waals surface area contributed by atoms with Gasteiger partial charge < -0.3 is 9.42 Å². The molecule has 1 N–H and O–H groups in total. The molecular formula is C21H20FN3O2. The van der Waals surface area contributed by atoms with Gasteiger partial charge in [0.15, 0.2) is 11.6 Å². The molecule has 0 aliphatic carbocycles. The van der Waals surface area contributed by atoms with E-state index in [1.165, 1.54) is 17.7 Å². The molecule has 1 aromatic heterocycles. The molecule has 0 bridgehead atoms. The van der Waals surface area contributed by atoms with Crippen LogP contribution in [0.1, 0.15) is 24.3 Å². The molecule has 2 heterocycles. The standard InChI is InChI=1S/C21H20FN3O2/c22-18-9-5-4-8-17(18)19-14-20(24-27-19)23-21(26)25-12-10-16(11-13-25)15-6-2-1-3-7-15/h1-9,14,16H,10-13H2,(H,23,24,26). The third-order valence-electron chi connectivity index (χ3n) is 4.94. The fourth-order valence-electron chi connectivity index (χ4n) is 3.45. The molecule has 27 heavy (non-hydrogen) atoms. The summed E-state index contributed by atoms with van der Waals surface area (Å²) in [5.74, 6) is 0.652. The average molecular weight is 365 g/mol. The number of carbonyl (C=O) groups is 1. The largest absolute Gasteiger partial charge is 0.354 e. The molecule has 1 fully saturated rings. The van der Waals surface area contributed by atoms with Gasteiger partial charge in [-0.15, -0.1) is 0 Å². The predicted octanol–water partition coefficient (Wildman–Crippen LogP) is 4.89. The van der Waals surface area contributed by atoms with E-state index in [1.54, 1.807) is 23.1 Å². The van der Waals surface area contributed by atoms with Crippen LogP contribution in [0.2, 0.25) is 0 Å². The molecule has 2 aromatic carbocycles. The Kier molecular flexibility index (Phi) is 4.87. The number of hydrogen-bond acceptors (Lipinski definition) is 3. The molecule has 0 atom stereocenters. The molecule has 138 valence electrons. The molecule has 6 heteroatoms. The summed E-state index contributed by atoms with van der Waals surface area (Å²) < 4.78 is 19.0. The second-order valence-electron chi connectivity index (χ2n) is 6.66. The Labute approximate surface area is 156 Å². The number of rotatable bonds is 3. The van der Waals surface area contributed by atoms with Crippen molar-refractivity contribution < 1.29 is 13.7 Å². The number of likely N-dealkylation sites (tertiary alicyclic amines) is 1. The summed E-state index contributed by atoms with van der Waals surface area (Å²) in [6, 6.07) is 18.0. The van der Waals surface area contributed by atoms with Gasteiger partial charge in [-0.3, -0.25) is 5.32 Å². The van der Waals surface area contributed by atoms with E-state index < -0.39 is 5.82 Å². The van der Waals surface area contributed by atoms with Gasteiger partial charge >= 0.3 is 6.03 Å². The number of benzene rings is 2. The number of aromatic nitrogens is 1. The predicted molar refractivity (Wildman–Crippen MR) is 101 cm³/mol. The van der Waals surface area contributed by atoms with Gasteiger partial charge in [-0.05, 0) is 36.5 Å². The minimum atomic E-state index is -0.394. The number of amides is 2. The van der Waals surface area contributed by atoms with Gasteiger partial charge in [0.2, 0.25) is 0 Å². The highest BCUT2D eigenvalue weighted by Gasteiger charge is 2.24. The Morgan fingerprint density at radius 1 is 1.07 bits per heavy atom. The highest BCUT2D eigenvalue weighted by molar-refractivity contribution is 5.88. The third-order valence-corrected chi connectivity index (χ3v) is 4.94. The number of nitrogens with one attached hydrogen (secondary N) is 1. The summed E-state index contributed by atoms with van der Waals surface area (Å²) in [4.78, 5) is 14.3. The first-order valence-corrected chi connectivity index (χ1v) is 9.03. The van der Waals surface area contributed by atoms with Gasteiger partial charge in [0.05, 0.1) is 5.56 Å². The first kappa shape index (κ1) is 17.3. The molecule has 2 amide bonds. The summed E-state index contributed by atoms with van der Waals surface area (Å²) in [5, 5.41) is 6.57. The minimum Gasteiger partial charge on any atom is -0.354 e. The topological polar surface area (TPSA) is 58.4 Å². The molecule has 0 radical (unpaired) electrons. The van der Waals surface area contributed by atoms with Crippen molar-refractivity contribution >= 4 is 11.8 Å². The van der Waals surface area contributed by atoms with E-state index in [9.17, 15) is 9.18 Å². The van der Waals surface area contributed by atoms with E-state index >= 15 is 0 Å². The van der Waals surface area contributed by atoms with Crippen LogP contribution in [0.4, 0.5) is 15.0 Å². The lowest BCUT2D eigenvalue weighted by molar-refractivity contribution is 0.194. The summed E-state index contributed by atoms with van der Waals surface area (Å²) in [5.41, 5.74) is 1.64. The van der Waals surface area contributed by atoms with Crippen molar-refractivity contribution in [3.8, 4) is 11.3 Å². The van der Waals surface area contributed by atoms with Crippen LogP contribution in [-0.4, -0.2) is 29.2 Å². The first-order chi connectivity index (χ1) is 13.2. The van der Waals surface area contributed by atoms with Gasteiger partial charge in [-0.25, -0.2) is 9.18 Å². The van der Waals surface area contributed by atoms with E-state index in [1.807, 2.05) is 18.2 Å². The average Bonchev–Trinajstić information content (AvgIpc) is 3.17. The Hall–Kier alpha value is -3.15. The molecule has 1 saturated heterocycles. The van der Waals surface area contributed by atoms with Crippen LogP contribution in [0.25, 0.3) is 11.3 Å². The van der Waals surface area contributed by atoms with Crippen LogP contribution in [0.3, 0.4) is 0 Å². The number of hydrogen-bond donors (Lipinski definition) is 1. The lowest BCUT2D eigenvalue weighted by Gasteiger charge is -2.32. The van der Waals surface area contributed by atoms with Gasteiger partial charge in [-0.1, -0.05) is 47.6 Å². The van der Waals surface area contributed by atoms with Crippen LogP contribution in [0.15, 0.2) is 65.2 Å². The van der Waals surface area contributed by atoms with Gasteiger partial charge in [0.25, 0.3) is 0 Å². The van der Waals surface area contributed by atoms with Crippen LogP contribution in [0, 0.1) is 5.82 Å². The van der Waals surface area contributed by atoms with Crippen LogP contribution >= 0.6 is 0 Å².